The summed E-state index contributed by atoms with van der Waals surface area (Å²) in [6.07, 6.45) is 3.77. The van der Waals surface area contributed by atoms with Gasteiger partial charge in [0.15, 0.2) is 11.6 Å². The molecule has 0 saturated heterocycles. The Kier molecular flexibility index (Phi) is 3.09. The molecule has 3 aliphatic heterocycles. The van der Waals surface area contributed by atoms with Crippen molar-refractivity contribution in [3.8, 4) is 0 Å². The third-order valence-electron chi connectivity index (χ3n) is 5.16. The fourth-order valence-electron chi connectivity index (χ4n) is 4.07. The molecule has 0 radical (unpaired) electrons. The number of halogens is 2. The monoisotopic (exact) mass is 516 g/mol. The molecule has 0 N–H and O–H groups in total. The fourth-order valence-corrected chi connectivity index (χ4v) is 10.00. The summed E-state index contributed by atoms with van der Waals surface area (Å²) >= 11 is 2.29. The van der Waals surface area contributed by atoms with Crippen LogP contribution in [0.15, 0.2) is 65.4 Å². The van der Waals surface area contributed by atoms with Gasteiger partial charge >= 0.3 is 0 Å². The standard InChI is InChI=1S/C20H14BrIN4/c1-22-16-14-8-7-12(21)11-15(14)26-19-18(23-9-10-24-19)25(20(26)17(16)22)13-5-3-2-4-6-13/h2-11,17,20H,1H2. The third kappa shape index (κ3) is 1.89. The molecule has 0 aliphatic carbocycles. The zero-order chi connectivity index (χ0) is 17.4. The summed E-state index contributed by atoms with van der Waals surface area (Å²) in [5.74, 6) is 1.88. The van der Waals surface area contributed by atoms with Crippen molar-refractivity contribution in [2.75, 3.05) is 9.80 Å². The van der Waals surface area contributed by atoms with Crippen molar-refractivity contribution in [1.29, 1.82) is 0 Å². The summed E-state index contributed by atoms with van der Waals surface area (Å²) in [4.78, 5) is 14.2. The van der Waals surface area contributed by atoms with Gasteiger partial charge in [-0.2, -0.15) is 0 Å². The Morgan fingerprint density at radius 2 is 1.69 bits per heavy atom. The molecule has 2 atom stereocenters. The molecule has 3 aromatic rings. The number of fused-ring (bicyclic) bond motifs is 8. The Hall–Kier alpha value is -1.93. The Bertz CT molecular complexity index is 1150. The summed E-state index contributed by atoms with van der Waals surface area (Å²) in [7, 11) is 0. The summed E-state index contributed by atoms with van der Waals surface area (Å²) in [6.45, 7) is 0. The van der Waals surface area contributed by atoms with Crippen molar-refractivity contribution in [3.05, 3.63) is 71.0 Å². The van der Waals surface area contributed by atoms with Gasteiger partial charge in [-0.05, 0) is 24.3 Å². The number of hydrogen-bond donors (Lipinski definition) is 0. The van der Waals surface area contributed by atoms with Gasteiger partial charge in [-0.25, -0.2) is 9.97 Å². The van der Waals surface area contributed by atoms with E-state index in [9.17, 15) is 0 Å². The lowest BCUT2D eigenvalue weighted by molar-refractivity contribution is 0.733. The molecule has 128 valence electrons. The topological polar surface area (TPSA) is 32.3 Å². The molecule has 0 saturated carbocycles. The van der Waals surface area contributed by atoms with Crippen molar-refractivity contribution in [1.82, 2.24) is 9.97 Å². The molecule has 0 bridgehead atoms. The van der Waals surface area contributed by atoms with Crippen molar-refractivity contribution in [2.45, 2.75) is 10.1 Å². The lowest BCUT2D eigenvalue weighted by Gasteiger charge is -2.36. The second-order valence-electron chi connectivity index (χ2n) is 6.50. The minimum atomic E-state index is -1.35. The third-order valence-corrected chi connectivity index (χ3v) is 10.6. The fraction of sp³-hybridized carbons (Fsp3) is 0.100. The van der Waals surface area contributed by atoms with E-state index in [0.29, 0.717) is 3.92 Å². The summed E-state index contributed by atoms with van der Waals surface area (Å²) in [5, 5.41) is 0. The molecule has 26 heavy (non-hydrogen) atoms. The highest BCUT2D eigenvalue weighted by Crippen LogP contribution is 2.60. The van der Waals surface area contributed by atoms with E-state index >= 15 is 0 Å². The first-order valence-electron chi connectivity index (χ1n) is 8.34. The summed E-state index contributed by atoms with van der Waals surface area (Å²) in [6, 6.07) is 17.1. The first-order chi connectivity index (χ1) is 12.8. The van der Waals surface area contributed by atoms with Gasteiger partial charge in [-0.1, -0.05) is 44.7 Å². The maximum atomic E-state index is 4.72. The van der Waals surface area contributed by atoms with Crippen molar-refractivity contribution < 1.29 is 0 Å². The lowest BCUT2D eigenvalue weighted by Crippen LogP contribution is -2.47. The van der Waals surface area contributed by atoms with E-state index in [2.05, 4.69) is 78.8 Å². The van der Waals surface area contributed by atoms with Crippen LogP contribution in [0.25, 0.3) is 0 Å². The molecule has 0 spiro atoms. The minimum Gasteiger partial charge on any atom is -0.300 e. The molecule has 2 aromatic carbocycles. The molecule has 2 unspecified atom stereocenters. The van der Waals surface area contributed by atoms with E-state index in [-0.39, 0.29) is 6.17 Å². The maximum Gasteiger partial charge on any atom is 0.178 e. The van der Waals surface area contributed by atoms with Crippen LogP contribution >= 0.6 is 34.8 Å². The average molecular weight is 517 g/mol. The molecule has 0 fully saturated rings. The zero-order valence-corrected chi connectivity index (χ0v) is 17.4. The van der Waals surface area contributed by atoms with Gasteiger partial charge in [0, 0.05) is 31.6 Å². The van der Waals surface area contributed by atoms with Crippen LogP contribution in [0.4, 0.5) is 23.0 Å². The van der Waals surface area contributed by atoms with Crippen LogP contribution in [0.1, 0.15) is 5.56 Å². The van der Waals surface area contributed by atoms with E-state index in [1.165, 1.54) is 11.3 Å². The molecular weight excluding hydrogens is 503 g/mol. The van der Waals surface area contributed by atoms with Crippen molar-refractivity contribution in [3.63, 3.8) is 0 Å². The predicted octanol–water partition coefficient (Wildman–Crippen LogP) is 4.71. The van der Waals surface area contributed by atoms with Gasteiger partial charge in [-0.15, -0.1) is 18.9 Å². The number of alkyl halides is 1. The summed E-state index contributed by atoms with van der Waals surface area (Å²) < 4.78 is 7.82. The molecule has 4 heterocycles. The largest absolute Gasteiger partial charge is 0.300 e. The summed E-state index contributed by atoms with van der Waals surface area (Å²) in [5.41, 5.74) is 3.75. The van der Waals surface area contributed by atoms with Crippen LogP contribution in [-0.4, -0.2) is 28.1 Å². The van der Waals surface area contributed by atoms with Crippen LogP contribution < -0.4 is 9.80 Å². The molecule has 1 aromatic heterocycles. The highest BCUT2D eigenvalue weighted by atomic mass is 127. The number of hydrogen-bond acceptors (Lipinski definition) is 4. The van der Waals surface area contributed by atoms with E-state index in [0.717, 1.165) is 21.8 Å². The Morgan fingerprint density at radius 3 is 2.46 bits per heavy atom. The van der Waals surface area contributed by atoms with E-state index in [1.54, 1.807) is 15.9 Å². The first kappa shape index (κ1) is 15.2. The first-order valence-corrected chi connectivity index (χ1v) is 13.0. The minimum absolute atomic E-state index is 0.203. The molecule has 6 rings (SSSR count). The van der Waals surface area contributed by atoms with Gasteiger partial charge < -0.3 is 4.90 Å². The molecule has 4 nitrogen and oxygen atoms in total. The van der Waals surface area contributed by atoms with Crippen molar-refractivity contribution >= 4 is 65.8 Å². The van der Waals surface area contributed by atoms with Gasteiger partial charge in [0.1, 0.15) is 6.17 Å². The number of para-hydroxylation sites is 1. The number of rotatable bonds is 1. The van der Waals surface area contributed by atoms with Crippen LogP contribution in [-0.2, 0) is 0 Å². The van der Waals surface area contributed by atoms with Crippen LogP contribution in [0.2, 0.25) is 0 Å². The Balaban J connectivity index is 1.65. The van der Waals surface area contributed by atoms with E-state index in [4.69, 9.17) is 9.97 Å². The molecule has 0 amide bonds. The number of nitrogens with zero attached hydrogens (tertiary/aromatic N) is 4. The molecule has 6 heteroatoms. The average Bonchev–Trinajstić information content (AvgIpc) is 3.21. The van der Waals surface area contributed by atoms with E-state index < -0.39 is 18.9 Å². The smallest absolute Gasteiger partial charge is 0.178 e. The SMILES string of the molecule is C=I1=C2c3ccc(Br)cc3N3c4nccnc4N(c4ccccc4)C3C21. The zero-order valence-electron chi connectivity index (χ0n) is 13.7. The predicted molar refractivity (Wildman–Crippen MR) is 120 cm³/mol. The van der Waals surface area contributed by atoms with Crippen LogP contribution in [0.5, 0.6) is 0 Å². The number of anilines is 4. The van der Waals surface area contributed by atoms with Crippen LogP contribution in [0.3, 0.4) is 0 Å². The van der Waals surface area contributed by atoms with Crippen LogP contribution in [0, 0.1) is 0 Å². The van der Waals surface area contributed by atoms with Crippen molar-refractivity contribution in [2.24, 2.45) is 0 Å². The lowest BCUT2D eigenvalue weighted by atomic mass is 9.99. The molecule has 3 aliphatic rings. The van der Waals surface area contributed by atoms with Gasteiger partial charge in [0.2, 0.25) is 0 Å². The highest BCUT2D eigenvalue weighted by molar-refractivity contribution is 14.2. The second-order valence-corrected chi connectivity index (χ2v) is 12.2. The van der Waals surface area contributed by atoms with E-state index in [1.807, 2.05) is 0 Å². The Morgan fingerprint density at radius 1 is 0.962 bits per heavy atom. The maximum absolute atomic E-state index is 4.72. The highest BCUT2D eigenvalue weighted by Gasteiger charge is 2.54. The van der Waals surface area contributed by atoms with Gasteiger partial charge in [0.25, 0.3) is 0 Å². The Labute approximate surface area is 166 Å². The second kappa shape index (κ2) is 5.29. The molecular formula is C20H14BrIN4. The normalized spacial score (nSPS) is 22.6. The number of aromatic nitrogens is 2. The van der Waals surface area contributed by atoms with Gasteiger partial charge in [0.05, 0.1) is 9.61 Å². The quantitative estimate of drug-likeness (QED) is 0.346. The number of benzene rings is 2. The van der Waals surface area contributed by atoms with Gasteiger partial charge in [-0.3, -0.25) is 4.90 Å².